The lowest BCUT2D eigenvalue weighted by atomic mass is 10.2. The van der Waals surface area contributed by atoms with E-state index >= 15 is 0 Å². The molecule has 0 saturated carbocycles. The average molecular weight is 300 g/mol. The highest BCUT2D eigenvalue weighted by atomic mass is 19.1. The van der Waals surface area contributed by atoms with Crippen LogP contribution in [0.25, 0.3) is 0 Å². The van der Waals surface area contributed by atoms with Crippen molar-refractivity contribution >= 4 is 17.6 Å². The average Bonchev–Trinajstić information content (AvgIpc) is 2.42. The number of benzene rings is 1. The predicted octanol–water partition coefficient (Wildman–Crippen LogP) is 2.33. The van der Waals surface area contributed by atoms with E-state index in [0.29, 0.717) is 13.1 Å². The number of anilines is 1. The van der Waals surface area contributed by atoms with E-state index in [1.807, 2.05) is 13.8 Å². The van der Waals surface area contributed by atoms with Crippen molar-refractivity contribution in [3.63, 3.8) is 0 Å². The number of aromatic carboxylic acids is 1. The summed E-state index contributed by atoms with van der Waals surface area (Å²) in [7, 11) is 0. The van der Waals surface area contributed by atoms with Gasteiger partial charge >= 0.3 is 5.97 Å². The zero-order valence-electron chi connectivity index (χ0n) is 11.9. The highest BCUT2D eigenvalue weighted by Gasteiger charge is 2.15. The molecule has 0 fully saturated rings. The van der Waals surface area contributed by atoms with E-state index in [9.17, 15) is 18.4 Å². The van der Waals surface area contributed by atoms with Gasteiger partial charge < -0.3 is 15.3 Å². The molecule has 0 heterocycles. The lowest BCUT2D eigenvalue weighted by Crippen LogP contribution is -2.31. The van der Waals surface area contributed by atoms with E-state index in [2.05, 4.69) is 5.32 Å². The van der Waals surface area contributed by atoms with Crippen molar-refractivity contribution in [2.24, 2.45) is 0 Å². The van der Waals surface area contributed by atoms with Crippen molar-refractivity contribution in [1.82, 2.24) is 4.90 Å². The number of hydrogen-bond donors (Lipinski definition) is 2. The third-order valence-electron chi connectivity index (χ3n) is 3.05. The standard InChI is InChI=1S/C14H18F2N2O3/c1-3-18(4-2)12(19)5-6-17-13-10(15)7-9(14(20)21)8-11(13)16/h7-8,17H,3-6H2,1-2H3,(H,20,21). The number of hydrogen-bond acceptors (Lipinski definition) is 3. The maximum atomic E-state index is 13.6. The Kier molecular flexibility index (Phi) is 6.08. The molecule has 0 radical (unpaired) electrons. The topological polar surface area (TPSA) is 69.6 Å². The molecule has 116 valence electrons. The summed E-state index contributed by atoms with van der Waals surface area (Å²) in [6, 6.07) is 1.47. The largest absolute Gasteiger partial charge is 0.478 e. The monoisotopic (exact) mass is 300 g/mol. The van der Waals surface area contributed by atoms with Crippen LogP contribution in [0.5, 0.6) is 0 Å². The normalized spacial score (nSPS) is 10.3. The number of carbonyl (C=O) groups excluding carboxylic acids is 1. The summed E-state index contributed by atoms with van der Waals surface area (Å²) < 4.78 is 27.3. The van der Waals surface area contributed by atoms with E-state index in [1.165, 1.54) is 0 Å². The summed E-state index contributed by atoms with van der Waals surface area (Å²) in [6.45, 7) is 4.91. The van der Waals surface area contributed by atoms with Crippen LogP contribution >= 0.6 is 0 Å². The molecule has 1 aromatic rings. The maximum absolute atomic E-state index is 13.6. The molecular formula is C14H18F2N2O3. The maximum Gasteiger partial charge on any atom is 0.335 e. The van der Waals surface area contributed by atoms with Gasteiger partial charge in [-0.05, 0) is 26.0 Å². The van der Waals surface area contributed by atoms with Crippen molar-refractivity contribution in [3.8, 4) is 0 Å². The smallest absolute Gasteiger partial charge is 0.335 e. The highest BCUT2D eigenvalue weighted by molar-refractivity contribution is 5.88. The van der Waals surface area contributed by atoms with Crippen LogP contribution in [0.2, 0.25) is 0 Å². The predicted molar refractivity (Wildman–Crippen MR) is 74.4 cm³/mol. The van der Waals surface area contributed by atoms with Crippen molar-refractivity contribution in [1.29, 1.82) is 0 Å². The molecule has 2 N–H and O–H groups in total. The molecule has 0 saturated heterocycles. The summed E-state index contributed by atoms with van der Waals surface area (Å²) in [6.07, 6.45) is 0.0985. The minimum atomic E-state index is -1.41. The molecule has 0 bridgehead atoms. The first-order valence-corrected chi connectivity index (χ1v) is 6.64. The minimum Gasteiger partial charge on any atom is -0.478 e. The molecule has 0 aromatic heterocycles. The van der Waals surface area contributed by atoms with Crippen molar-refractivity contribution < 1.29 is 23.5 Å². The van der Waals surface area contributed by atoms with Crippen LogP contribution in [-0.2, 0) is 4.79 Å². The lowest BCUT2D eigenvalue weighted by Gasteiger charge is -2.18. The molecule has 5 nitrogen and oxygen atoms in total. The van der Waals surface area contributed by atoms with Gasteiger partial charge in [0, 0.05) is 26.1 Å². The van der Waals surface area contributed by atoms with E-state index in [4.69, 9.17) is 5.11 Å². The Morgan fingerprint density at radius 1 is 1.19 bits per heavy atom. The number of nitrogens with zero attached hydrogens (tertiary/aromatic N) is 1. The Morgan fingerprint density at radius 2 is 1.71 bits per heavy atom. The fraction of sp³-hybridized carbons (Fsp3) is 0.429. The fourth-order valence-electron chi connectivity index (χ4n) is 1.89. The molecule has 1 amide bonds. The summed E-state index contributed by atoms with van der Waals surface area (Å²) in [4.78, 5) is 24.0. The summed E-state index contributed by atoms with van der Waals surface area (Å²) in [5.74, 6) is -3.52. The quantitative estimate of drug-likeness (QED) is 0.811. The minimum absolute atomic E-state index is 0.0651. The Balaban J connectivity index is 2.68. The molecule has 0 aliphatic heterocycles. The highest BCUT2D eigenvalue weighted by Crippen LogP contribution is 2.20. The second-order valence-electron chi connectivity index (χ2n) is 4.36. The first-order valence-electron chi connectivity index (χ1n) is 6.64. The summed E-state index contributed by atoms with van der Waals surface area (Å²) in [5.41, 5.74) is -0.887. The van der Waals surface area contributed by atoms with Crippen LogP contribution in [0.15, 0.2) is 12.1 Å². The van der Waals surface area contributed by atoms with Gasteiger partial charge in [0.2, 0.25) is 5.91 Å². The molecular weight excluding hydrogens is 282 g/mol. The van der Waals surface area contributed by atoms with Crippen LogP contribution in [0, 0.1) is 11.6 Å². The SMILES string of the molecule is CCN(CC)C(=O)CCNc1c(F)cc(C(=O)O)cc1F. The van der Waals surface area contributed by atoms with E-state index < -0.39 is 28.9 Å². The molecule has 0 spiro atoms. The first kappa shape index (κ1) is 16.9. The number of carbonyl (C=O) groups is 2. The zero-order valence-corrected chi connectivity index (χ0v) is 11.9. The molecule has 0 aliphatic rings. The summed E-state index contributed by atoms with van der Waals surface area (Å²) in [5, 5.41) is 11.2. The Morgan fingerprint density at radius 3 is 2.14 bits per heavy atom. The Hall–Kier alpha value is -2.18. The van der Waals surface area contributed by atoms with Crippen molar-refractivity contribution in [3.05, 3.63) is 29.3 Å². The van der Waals surface area contributed by atoms with Gasteiger partial charge in [0.15, 0.2) is 0 Å². The van der Waals surface area contributed by atoms with Crippen LogP contribution < -0.4 is 5.32 Å². The third kappa shape index (κ3) is 4.40. The van der Waals surface area contributed by atoms with Gasteiger partial charge in [0.05, 0.1) is 5.56 Å². The van der Waals surface area contributed by atoms with Gasteiger partial charge in [-0.1, -0.05) is 0 Å². The van der Waals surface area contributed by atoms with Crippen molar-refractivity contribution in [2.45, 2.75) is 20.3 Å². The molecule has 1 rings (SSSR count). The number of carboxylic acids is 1. The molecule has 7 heteroatoms. The second kappa shape index (κ2) is 7.56. The van der Waals surface area contributed by atoms with E-state index in [0.717, 1.165) is 12.1 Å². The molecule has 0 unspecified atom stereocenters. The van der Waals surface area contributed by atoms with Crippen LogP contribution in [0.4, 0.5) is 14.5 Å². The molecule has 0 atom stereocenters. The number of amides is 1. The van der Waals surface area contributed by atoms with E-state index in [1.54, 1.807) is 4.90 Å². The van der Waals surface area contributed by atoms with Crippen LogP contribution in [0.1, 0.15) is 30.6 Å². The zero-order chi connectivity index (χ0) is 16.0. The van der Waals surface area contributed by atoms with Crippen LogP contribution in [-0.4, -0.2) is 41.5 Å². The van der Waals surface area contributed by atoms with Gasteiger partial charge in [-0.3, -0.25) is 4.79 Å². The number of halogens is 2. The number of carboxylic acid groups (broad SMARTS) is 1. The number of nitrogens with one attached hydrogen (secondary N) is 1. The van der Waals surface area contributed by atoms with E-state index in [-0.39, 0.29) is 18.9 Å². The second-order valence-corrected chi connectivity index (χ2v) is 4.36. The van der Waals surface area contributed by atoms with Gasteiger partial charge in [-0.2, -0.15) is 0 Å². The molecule has 1 aromatic carbocycles. The first-order chi connectivity index (χ1) is 9.90. The van der Waals surface area contributed by atoms with Crippen LogP contribution in [0.3, 0.4) is 0 Å². The molecule has 0 aliphatic carbocycles. The van der Waals surface area contributed by atoms with Gasteiger partial charge in [-0.25, -0.2) is 13.6 Å². The Labute approximate surface area is 121 Å². The van der Waals surface area contributed by atoms with Crippen molar-refractivity contribution in [2.75, 3.05) is 25.0 Å². The third-order valence-corrected chi connectivity index (χ3v) is 3.05. The lowest BCUT2D eigenvalue weighted by molar-refractivity contribution is -0.130. The summed E-state index contributed by atoms with van der Waals surface area (Å²) >= 11 is 0. The fourth-order valence-corrected chi connectivity index (χ4v) is 1.89. The van der Waals surface area contributed by atoms with Gasteiger partial charge in [-0.15, -0.1) is 0 Å². The number of rotatable bonds is 7. The Bertz CT molecular complexity index is 508. The van der Waals surface area contributed by atoms with Gasteiger partial charge in [0.25, 0.3) is 0 Å². The molecule has 21 heavy (non-hydrogen) atoms. The van der Waals surface area contributed by atoms with Gasteiger partial charge in [0.1, 0.15) is 17.3 Å².